The Hall–Kier alpha value is -2.04. The van der Waals surface area contributed by atoms with Crippen LogP contribution in [0.2, 0.25) is 0 Å². The third kappa shape index (κ3) is 3.40. The molecule has 2 amide bonds. The van der Waals surface area contributed by atoms with Crippen LogP contribution in [0.4, 0.5) is 5.69 Å². The number of benzene rings is 1. The first kappa shape index (κ1) is 16.3. The average molecular weight is 304 g/mol. The van der Waals surface area contributed by atoms with E-state index in [4.69, 9.17) is 4.74 Å². The first-order chi connectivity index (χ1) is 10.2. The fourth-order valence-corrected chi connectivity index (χ4v) is 2.35. The van der Waals surface area contributed by atoms with Gasteiger partial charge in [0.15, 0.2) is 5.60 Å². The predicted octanol–water partition coefficient (Wildman–Crippen LogP) is 2.27. The van der Waals surface area contributed by atoms with Gasteiger partial charge in [-0.05, 0) is 44.4 Å². The van der Waals surface area contributed by atoms with Crippen molar-refractivity contribution in [2.45, 2.75) is 40.2 Å². The molecule has 1 aromatic carbocycles. The van der Waals surface area contributed by atoms with Crippen LogP contribution in [0.1, 0.15) is 33.3 Å². The van der Waals surface area contributed by atoms with Gasteiger partial charge in [-0.3, -0.25) is 14.5 Å². The SMILES string of the molecule is Cc1ccc2c(c1)N(CC(=O)NCC(C)C)C(=O)C(C)(C)O2. The van der Waals surface area contributed by atoms with E-state index >= 15 is 0 Å². The number of nitrogens with one attached hydrogen (secondary N) is 1. The Bertz CT molecular complexity index is 594. The number of aryl methyl sites for hydroxylation is 1. The first-order valence-corrected chi connectivity index (χ1v) is 7.59. The molecule has 120 valence electrons. The molecule has 0 saturated heterocycles. The summed E-state index contributed by atoms with van der Waals surface area (Å²) in [6.07, 6.45) is 0. The highest BCUT2D eigenvalue weighted by Gasteiger charge is 2.41. The van der Waals surface area contributed by atoms with E-state index in [-0.39, 0.29) is 18.4 Å². The second-order valence-corrected chi connectivity index (χ2v) is 6.67. The maximum absolute atomic E-state index is 12.6. The van der Waals surface area contributed by atoms with Gasteiger partial charge in [0.25, 0.3) is 5.91 Å². The molecule has 0 atom stereocenters. The number of amides is 2. The summed E-state index contributed by atoms with van der Waals surface area (Å²) in [4.78, 5) is 26.3. The molecule has 0 saturated carbocycles. The molecule has 0 unspecified atom stereocenters. The lowest BCUT2D eigenvalue weighted by atomic mass is 10.0. The van der Waals surface area contributed by atoms with Crippen LogP contribution < -0.4 is 15.0 Å². The fourth-order valence-electron chi connectivity index (χ4n) is 2.35. The molecule has 1 heterocycles. The van der Waals surface area contributed by atoms with Crippen LogP contribution in [0.15, 0.2) is 18.2 Å². The number of ether oxygens (including phenoxy) is 1. The van der Waals surface area contributed by atoms with Crippen LogP contribution in [-0.4, -0.2) is 30.5 Å². The van der Waals surface area contributed by atoms with Gasteiger partial charge in [-0.15, -0.1) is 0 Å². The van der Waals surface area contributed by atoms with E-state index in [1.165, 1.54) is 4.90 Å². The molecular weight excluding hydrogens is 280 g/mol. The van der Waals surface area contributed by atoms with Gasteiger partial charge in [0.2, 0.25) is 5.91 Å². The molecular formula is C17H24N2O3. The number of hydrogen-bond donors (Lipinski definition) is 1. The molecule has 1 aliphatic heterocycles. The molecule has 5 heteroatoms. The maximum atomic E-state index is 12.6. The van der Waals surface area contributed by atoms with Crippen molar-refractivity contribution in [3.63, 3.8) is 0 Å². The van der Waals surface area contributed by atoms with Gasteiger partial charge in [-0.1, -0.05) is 19.9 Å². The van der Waals surface area contributed by atoms with Crippen LogP contribution in [0.25, 0.3) is 0 Å². The monoisotopic (exact) mass is 304 g/mol. The quantitative estimate of drug-likeness (QED) is 0.928. The largest absolute Gasteiger partial charge is 0.476 e. The van der Waals surface area contributed by atoms with Crippen LogP contribution in [0.3, 0.4) is 0 Å². The molecule has 1 aromatic rings. The third-order valence-electron chi connectivity index (χ3n) is 3.54. The normalized spacial score (nSPS) is 16.3. The number of rotatable bonds is 4. The number of carbonyl (C=O) groups excluding carboxylic acids is 2. The van der Waals surface area contributed by atoms with Crippen molar-refractivity contribution >= 4 is 17.5 Å². The van der Waals surface area contributed by atoms with Gasteiger partial charge in [0.1, 0.15) is 12.3 Å². The van der Waals surface area contributed by atoms with Crippen molar-refractivity contribution < 1.29 is 14.3 Å². The highest BCUT2D eigenvalue weighted by molar-refractivity contribution is 6.05. The van der Waals surface area contributed by atoms with Crippen molar-refractivity contribution in [3.05, 3.63) is 23.8 Å². The summed E-state index contributed by atoms with van der Waals surface area (Å²) in [5.41, 5.74) is 0.701. The van der Waals surface area contributed by atoms with Crippen LogP contribution in [-0.2, 0) is 9.59 Å². The molecule has 0 spiro atoms. The summed E-state index contributed by atoms with van der Waals surface area (Å²) >= 11 is 0. The zero-order valence-electron chi connectivity index (χ0n) is 13.9. The van der Waals surface area contributed by atoms with E-state index in [2.05, 4.69) is 5.32 Å². The Morgan fingerprint density at radius 3 is 2.68 bits per heavy atom. The fraction of sp³-hybridized carbons (Fsp3) is 0.529. The topological polar surface area (TPSA) is 58.6 Å². The zero-order valence-corrected chi connectivity index (χ0v) is 13.9. The van der Waals surface area contributed by atoms with E-state index in [1.54, 1.807) is 13.8 Å². The van der Waals surface area contributed by atoms with Crippen LogP contribution in [0.5, 0.6) is 5.75 Å². The standard InChI is InChI=1S/C17H24N2O3/c1-11(2)9-18-15(20)10-19-13-8-12(3)6-7-14(13)22-17(4,5)16(19)21/h6-8,11H,9-10H2,1-5H3,(H,18,20). The Morgan fingerprint density at radius 2 is 2.05 bits per heavy atom. The van der Waals surface area contributed by atoms with E-state index in [0.717, 1.165) is 5.56 Å². The van der Waals surface area contributed by atoms with E-state index in [0.29, 0.717) is 23.9 Å². The second kappa shape index (κ2) is 5.99. The van der Waals surface area contributed by atoms with Crippen molar-refractivity contribution in [2.24, 2.45) is 5.92 Å². The minimum absolute atomic E-state index is 0.00873. The Labute approximate surface area is 131 Å². The highest BCUT2D eigenvalue weighted by atomic mass is 16.5. The summed E-state index contributed by atoms with van der Waals surface area (Å²) in [5, 5.41) is 2.85. The highest BCUT2D eigenvalue weighted by Crippen LogP contribution is 2.38. The minimum Gasteiger partial charge on any atom is -0.476 e. The van der Waals surface area contributed by atoms with E-state index in [9.17, 15) is 9.59 Å². The van der Waals surface area contributed by atoms with Gasteiger partial charge in [0.05, 0.1) is 5.69 Å². The van der Waals surface area contributed by atoms with Gasteiger partial charge in [-0.25, -0.2) is 0 Å². The molecule has 5 nitrogen and oxygen atoms in total. The minimum atomic E-state index is -0.972. The van der Waals surface area contributed by atoms with Crippen molar-refractivity contribution in [3.8, 4) is 5.75 Å². The Kier molecular flexibility index (Phi) is 4.44. The van der Waals surface area contributed by atoms with Gasteiger partial charge < -0.3 is 10.1 Å². The second-order valence-electron chi connectivity index (χ2n) is 6.67. The summed E-state index contributed by atoms with van der Waals surface area (Å²) in [6, 6.07) is 5.65. The zero-order chi connectivity index (χ0) is 16.5. The van der Waals surface area contributed by atoms with Crippen molar-refractivity contribution in [2.75, 3.05) is 18.0 Å². The average Bonchev–Trinajstić information content (AvgIpc) is 2.42. The molecule has 0 aliphatic carbocycles. The lowest BCUT2D eigenvalue weighted by Gasteiger charge is -2.38. The van der Waals surface area contributed by atoms with Crippen LogP contribution in [0, 0.1) is 12.8 Å². The maximum Gasteiger partial charge on any atom is 0.271 e. The van der Waals surface area contributed by atoms with Crippen LogP contribution >= 0.6 is 0 Å². The van der Waals surface area contributed by atoms with Gasteiger partial charge >= 0.3 is 0 Å². The molecule has 0 aromatic heterocycles. The molecule has 0 bridgehead atoms. The van der Waals surface area contributed by atoms with Crippen molar-refractivity contribution in [1.29, 1.82) is 0 Å². The molecule has 0 fully saturated rings. The molecule has 1 aliphatic rings. The number of hydrogen-bond acceptors (Lipinski definition) is 3. The van der Waals surface area contributed by atoms with Crippen molar-refractivity contribution in [1.82, 2.24) is 5.32 Å². The Morgan fingerprint density at radius 1 is 1.36 bits per heavy atom. The summed E-state index contributed by atoms with van der Waals surface area (Å²) in [6.45, 7) is 10.1. The number of fused-ring (bicyclic) bond motifs is 1. The van der Waals surface area contributed by atoms with E-state index < -0.39 is 5.60 Å². The molecule has 22 heavy (non-hydrogen) atoms. The predicted molar refractivity (Wildman–Crippen MR) is 86.1 cm³/mol. The Balaban J connectivity index is 2.26. The smallest absolute Gasteiger partial charge is 0.271 e. The lowest BCUT2D eigenvalue weighted by Crippen LogP contribution is -2.55. The number of anilines is 1. The van der Waals surface area contributed by atoms with E-state index in [1.807, 2.05) is 39.0 Å². The summed E-state index contributed by atoms with van der Waals surface area (Å²) in [7, 11) is 0. The molecule has 2 rings (SSSR count). The van der Waals surface area contributed by atoms with Gasteiger partial charge in [-0.2, -0.15) is 0 Å². The van der Waals surface area contributed by atoms with Gasteiger partial charge in [0, 0.05) is 6.54 Å². The molecule has 1 N–H and O–H groups in total. The molecule has 0 radical (unpaired) electrons. The first-order valence-electron chi connectivity index (χ1n) is 7.59. The third-order valence-corrected chi connectivity index (χ3v) is 3.54. The lowest BCUT2D eigenvalue weighted by molar-refractivity contribution is -0.134. The summed E-state index contributed by atoms with van der Waals surface area (Å²) in [5.74, 6) is 0.639. The summed E-state index contributed by atoms with van der Waals surface area (Å²) < 4.78 is 5.77. The number of nitrogens with zero attached hydrogens (tertiary/aromatic N) is 1. The number of carbonyl (C=O) groups is 2.